The molecule has 0 aliphatic carbocycles. The first-order valence-electron chi connectivity index (χ1n) is 4.68. The lowest BCUT2D eigenvalue weighted by Crippen LogP contribution is -2.21. The second-order valence-corrected chi connectivity index (χ2v) is 5.83. The molecular formula is C8H6ClF5N2O3S. The normalized spacial score (nSPS) is 12.8. The average Bonchev–Trinajstić information content (AvgIpc) is 2.23. The van der Waals surface area contributed by atoms with E-state index >= 15 is 0 Å². The van der Waals surface area contributed by atoms with E-state index in [-0.39, 0.29) is 0 Å². The fourth-order valence-corrected chi connectivity index (χ4v) is 2.46. The number of nitrogens with zero attached hydrogens (tertiary/aromatic N) is 1. The fourth-order valence-electron chi connectivity index (χ4n) is 1.27. The van der Waals surface area contributed by atoms with Crippen molar-refractivity contribution in [2.45, 2.75) is 24.2 Å². The zero-order chi connectivity index (χ0) is 15.7. The molecule has 2 N–H and O–H groups in total. The molecule has 114 valence electrons. The first-order valence-corrected chi connectivity index (χ1v) is 6.99. The smallest absolute Gasteiger partial charge is 0.386 e. The lowest BCUT2D eigenvalue weighted by Gasteiger charge is -2.15. The van der Waals surface area contributed by atoms with Gasteiger partial charge in [-0.3, -0.25) is 0 Å². The molecule has 0 aliphatic rings. The minimum Gasteiger partial charge on any atom is -0.386 e. The second-order valence-electron chi connectivity index (χ2n) is 3.33. The Labute approximate surface area is 113 Å². The predicted molar refractivity (Wildman–Crippen MR) is 56.8 cm³/mol. The molecule has 0 saturated carbocycles. The zero-order valence-electron chi connectivity index (χ0n) is 9.29. The molecule has 12 heteroatoms. The summed E-state index contributed by atoms with van der Waals surface area (Å²) >= 11 is 0. The molecule has 20 heavy (non-hydrogen) atoms. The molecule has 0 unspecified atom stereocenters. The van der Waals surface area contributed by atoms with Crippen LogP contribution < -0.4 is 10.5 Å². The predicted octanol–water partition coefficient (Wildman–Crippen LogP) is 2.30. The van der Waals surface area contributed by atoms with Crippen LogP contribution in [0.1, 0.15) is 17.7 Å². The third-order valence-electron chi connectivity index (χ3n) is 1.92. The molecular weight excluding hydrogens is 335 g/mol. The number of rotatable bonds is 4. The van der Waals surface area contributed by atoms with Gasteiger partial charge in [-0.15, -0.1) is 13.2 Å². The Balaban J connectivity index is 3.65. The summed E-state index contributed by atoms with van der Waals surface area (Å²) in [7, 11) is -0.0850. The van der Waals surface area contributed by atoms with Gasteiger partial charge in [-0.1, -0.05) is 0 Å². The number of hydrogen-bond donors (Lipinski definition) is 1. The Morgan fingerprint density at radius 1 is 1.40 bits per heavy atom. The fraction of sp³-hybridized carbons (Fsp3) is 0.375. The standard InChI is InChI=1S/C8H6ClF5N2O3S/c9-20(17,18)5-4(6(10)11)1-3(2-15)16-7(5)19-8(12,13)14/h1,6H,2,15H2. The summed E-state index contributed by atoms with van der Waals surface area (Å²) in [6.45, 7) is -0.503. The van der Waals surface area contributed by atoms with Gasteiger partial charge in [0.25, 0.3) is 15.5 Å². The number of halogens is 6. The number of nitrogens with two attached hydrogens (primary N) is 1. The van der Waals surface area contributed by atoms with Gasteiger partial charge in [0, 0.05) is 22.8 Å². The Bertz CT molecular complexity index is 605. The first kappa shape index (κ1) is 16.9. The molecule has 0 spiro atoms. The summed E-state index contributed by atoms with van der Waals surface area (Å²) in [6.07, 6.45) is -8.75. The molecule has 1 aromatic rings. The minimum absolute atomic E-state index is 0.413. The number of hydrogen-bond acceptors (Lipinski definition) is 5. The molecule has 0 aromatic carbocycles. The molecule has 1 heterocycles. The molecule has 5 nitrogen and oxygen atoms in total. The first-order chi connectivity index (χ1) is 8.95. The molecule has 1 rings (SSSR count). The van der Waals surface area contributed by atoms with Gasteiger partial charge in [-0.2, -0.15) is 0 Å². The molecule has 0 radical (unpaired) electrons. The third kappa shape index (κ3) is 4.15. The Hall–Kier alpha value is -1.20. The van der Waals surface area contributed by atoms with Crippen LogP contribution in [0.2, 0.25) is 0 Å². The van der Waals surface area contributed by atoms with Crippen LogP contribution in [0.4, 0.5) is 22.0 Å². The largest absolute Gasteiger partial charge is 0.574 e. The van der Waals surface area contributed by atoms with E-state index in [4.69, 9.17) is 16.4 Å². The quantitative estimate of drug-likeness (QED) is 0.672. The third-order valence-corrected chi connectivity index (χ3v) is 3.29. The number of alkyl halides is 5. The van der Waals surface area contributed by atoms with Crippen molar-refractivity contribution in [2.24, 2.45) is 5.73 Å². The van der Waals surface area contributed by atoms with Crippen molar-refractivity contribution >= 4 is 19.7 Å². The monoisotopic (exact) mass is 340 g/mol. The SMILES string of the molecule is NCc1cc(C(F)F)c(S(=O)(=O)Cl)c(OC(F)(F)F)n1. The van der Waals surface area contributed by atoms with Gasteiger partial charge in [-0.05, 0) is 6.07 Å². The van der Waals surface area contributed by atoms with E-state index in [0.29, 0.717) is 6.07 Å². The van der Waals surface area contributed by atoms with E-state index in [0.717, 1.165) is 0 Å². The second kappa shape index (κ2) is 5.66. The number of aromatic nitrogens is 1. The highest BCUT2D eigenvalue weighted by Gasteiger charge is 2.37. The summed E-state index contributed by atoms with van der Waals surface area (Å²) < 4.78 is 87.7. The maximum Gasteiger partial charge on any atom is 0.574 e. The van der Waals surface area contributed by atoms with Crippen LogP contribution in [-0.4, -0.2) is 19.8 Å². The van der Waals surface area contributed by atoms with Crippen molar-refractivity contribution in [1.29, 1.82) is 0 Å². The highest BCUT2D eigenvalue weighted by Crippen LogP contribution is 2.37. The summed E-state index contributed by atoms with van der Waals surface area (Å²) in [4.78, 5) is 1.58. The molecule has 0 amide bonds. The summed E-state index contributed by atoms with van der Waals surface area (Å²) in [5.74, 6) is -1.59. The number of ether oxygens (including phenoxy) is 1. The van der Waals surface area contributed by atoms with E-state index in [1.807, 2.05) is 0 Å². The maximum atomic E-state index is 12.8. The van der Waals surface area contributed by atoms with Crippen LogP contribution in [0.25, 0.3) is 0 Å². The van der Waals surface area contributed by atoms with Gasteiger partial charge >= 0.3 is 6.36 Å². The van der Waals surface area contributed by atoms with E-state index in [9.17, 15) is 30.4 Å². The van der Waals surface area contributed by atoms with Crippen LogP contribution in [0.15, 0.2) is 11.0 Å². The average molecular weight is 341 g/mol. The Kier molecular flexibility index (Phi) is 4.77. The van der Waals surface area contributed by atoms with E-state index in [2.05, 4.69) is 9.72 Å². The van der Waals surface area contributed by atoms with E-state index in [1.165, 1.54) is 0 Å². The van der Waals surface area contributed by atoms with Crippen molar-refractivity contribution in [3.63, 3.8) is 0 Å². The summed E-state index contributed by atoms with van der Waals surface area (Å²) in [5, 5.41) is 0. The van der Waals surface area contributed by atoms with Crippen LogP contribution in [0, 0.1) is 0 Å². The molecule has 1 aromatic heterocycles. The molecule has 0 saturated heterocycles. The topological polar surface area (TPSA) is 82.3 Å². The van der Waals surface area contributed by atoms with Crippen molar-refractivity contribution in [3.05, 3.63) is 17.3 Å². The van der Waals surface area contributed by atoms with E-state index in [1.54, 1.807) is 0 Å². The van der Waals surface area contributed by atoms with Gasteiger partial charge in [0.15, 0.2) is 4.90 Å². The van der Waals surface area contributed by atoms with Gasteiger partial charge in [0.1, 0.15) is 0 Å². The van der Waals surface area contributed by atoms with Crippen molar-refractivity contribution in [1.82, 2.24) is 4.98 Å². The minimum atomic E-state index is -5.34. The lowest BCUT2D eigenvalue weighted by molar-refractivity contribution is -0.277. The summed E-state index contributed by atoms with van der Waals surface area (Å²) in [5.41, 5.74) is 3.40. The van der Waals surface area contributed by atoms with E-state index < -0.39 is 50.4 Å². The van der Waals surface area contributed by atoms with Gasteiger partial charge in [0.2, 0.25) is 5.88 Å². The Morgan fingerprint density at radius 3 is 2.30 bits per heavy atom. The van der Waals surface area contributed by atoms with Crippen LogP contribution >= 0.6 is 10.7 Å². The van der Waals surface area contributed by atoms with Gasteiger partial charge < -0.3 is 10.5 Å². The van der Waals surface area contributed by atoms with Gasteiger partial charge in [-0.25, -0.2) is 22.2 Å². The lowest BCUT2D eigenvalue weighted by atomic mass is 10.2. The maximum absolute atomic E-state index is 12.8. The van der Waals surface area contributed by atoms with Crippen molar-refractivity contribution < 1.29 is 35.1 Å². The van der Waals surface area contributed by atoms with Crippen molar-refractivity contribution in [3.8, 4) is 5.88 Å². The van der Waals surface area contributed by atoms with Crippen LogP contribution in [0.5, 0.6) is 5.88 Å². The molecule has 0 atom stereocenters. The van der Waals surface area contributed by atoms with Crippen molar-refractivity contribution in [2.75, 3.05) is 0 Å². The molecule has 0 bridgehead atoms. The highest BCUT2D eigenvalue weighted by molar-refractivity contribution is 8.13. The zero-order valence-corrected chi connectivity index (χ0v) is 10.9. The van der Waals surface area contributed by atoms with Crippen LogP contribution in [-0.2, 0) is 15.6 Å². The summed E-state index contributed by atoms with van der Waals surface area (Å²) in [6, 6.07) is 0.545. The van der Waals surface area contributed by atoms with Gasteiger partial charge in [0.05, 0.1) is 5.69 Å². The molecule has 0 fully saturated rings. The van der Waals surface area contributed by atoms with Crippen LogP contribution in [0.3, 0.4) is 0 Å². The highest BCUT2D eigenvalue weighted by atomic mass is 35.7. The Morgan fingerprint density at radius 2 is 1.95 bits per heavy atom. The number of pyridine rings is 1. The molecule has 0 aliphatic heterocycles.